The zero-order valence-corrected chi connectivity index (χ0v) is 15.9. The van der Waals surface area contributed by atoms with Crippen LogP contribution in [0.2, 0.25) is 0 Å². The molecule has 2 saturated heterocycles. The first-order chi connectivity index (χ1) is 13.5. The van der Waals surface area contributed by atoms with Crippen molar-refractivity contribution in [2.75, 3.05) is 26.3 Å². The van der Waals surface area contributed by atoms with Crippen LogP contribution in [0.5, 0.6) is 0 Å². The van der Waals surface area contributed by atoms with E-state index in [2.05, 4.69) is 12.2 Å². The minimum absolute atomic E-state index is 0.0482. The summed E-state index contributed by atoms with van der Waals surface area (Å²) in [4.78, 5) is 42.5. The molecule has 0 radical (unpaired) electrons. The normalized spacial score (nSPS) is 32.3. The Kier molecular flexibility index (Phi) is 4.16. The highest BCUT2D eigenvalue weighted by Gasteiger charge is 2.61. The number of furan rings is 1. The molecule has 2 aliphatic heterocycles. The predicted octanol–water partition coefficient (Wildman–Crippen LogP) is 1.69. The third kappa shape index (κ3) is 2.64. The first kappa shape index (κ1) is 17.7. The fourth-order valence-electron chi connectivity index (χ4n) is 5.29. The van der Waals surface area contributed by atoms with Crippen LogP contribution in [0.15, 0.2) is 28.7 Å². The van der Waals surface area contributed by atoms with Gasteiger partial charge in [0.25, 0.3) is 0 Å². The van der Waals surface area contributed by atoms with Gasteiger partial charge in [-0.05, 0) is 37.3 Å². The van der Waals surface area contributed by atoms with Crippen LogP contribution in [-0.2, 0) is 19.1 Å². The maximum atomic E-state index is 13.3. The zero-order valence-electron chi connectivity index (χ0n) is 15.9. The summed E-state index contributed by atoms with van der Waals surface area (Å²) in [6, 6.07) is 2.89. The Balaban J connectivity index is 1.44. The molecule has 5 unspecified atom stereocenters. The number of fused-ring (bicyclic) bond motifs is 5. The van der Waals surface area contributed by atoms with Gasteiger partial charge in [0.2, 0.25) is 17.7 Å². The number of nitrogens with zero attached hydrogens (tertiary/aromatic N) is 2. The van der Waals surface area contributed by atoms with Gasteiger partial charge in [0.1, 0.15) is 17.6 Å². The van der Waals surface area contributed by atoms with E-state index >= 15 is 0 Å². The molecule has 3 amide bonds. The first-order valence-electron chi connectivity index (χ1n) is 10.0. The van der Waals surface area contributed by atoms with Gasteiger partial charge < -0.3 is 14.1 Å². The highest BCUT2D eigenvalue weighted by Crippen LogP contribution is 2.54. The van der Waals surface area contributed by atoms with Crippen molar-refractivity contribution < 1.29 is 23.5 Å². The van der Waals surface area contributed by atoms with Gasteiger partial charge in [0.05, 0.1) is 31.5 Å². The van der Waals surface area contributed by atoms with Gasteiger partial charge in [-0.3, -0.25) is 19.3 Å². The van der Waals surface area contributed by atoms with E-state index in [1.807, 2.05) is 6.92 Å². The van der Waals surface area contributed by atoms with Crippen LogP contribution >= 0.6 is 0 Å². The summed E-state index contributed by atoms with van der Waals surface area (Å²) in [7, 11) is 0. The quantitative estimate of drug-likeness (QED) is 0.583. The Morgan fingerprint density at radius 1 is 1.11 bits per heavy atom. The molecule has 5 rings (SSSR count). The summed E-state index contributed by atoms with van der Waals surface area (Å²) in [6.45, 7) is 3.90. The van der Waals surface area contributed by atoms with E-state index in [9.17, 15) is 14.4 Å². The van der Waals surface area contributed by atoms with E-state index in [4.69, 9.17) is 9.15 Å². The van der Waals surface area contributed by atoms with Crippen molar-refractivity contribution in [2.24, 2.45) is 23.7 Å². The molecule has 4 aliphatic rings. The van der Waals surface area contributed by atoms with E-state index in [1.54, 1.807) is 17.0 Å². The summed E-state index contributed by atoms with van der Waals surface area (Å²) in [5, 5.41) is 0. The number of rotatable bonds is 4. The third-order valence-electron chi connectivity index (χ3n) is 6.64. The number of hydrogen-bond donors (Lipinski definition) is 0. The van der Waals surface area contributed by atoms with Crippen LogP contribution in [0.3, 0.4) is 0 Å². The Morgan fingerprint density at radius 3 is 2.32 bits per heavy atom. The highest BCUT2D eigenvalue weighted by atomic mass is 16.5. The Bertz CT molecular complexity index is 823. The molecule has 0 spiro atoms. The van der Waals surface area contributed by atoms with E-state index in [1.165, 1.54) is 4.90 Å². The molecule has 1 saturated carbocycles. The van der Waals surface area contributed by atoms with Crippen molar-refractivity contribution in [3.63, 3.8) is 0 Å². The van der Waals surface area contributed by atoms with Crippen LogP contribution < -0.4 is 0 Å². The number of amides is 3. The fraction of sp³-hybridized carbons (Fsp3) is 0.571. The van der Waals surface area contributed by atoms with Gasteiger partial charge >= 0.3 is 0 Å². The van der Waals surface area contributed by atoms with Gasteiger partial charge in [-0.15, -0.1) is 0 Å². The summed E-state index contributed by atoms with van der Waals surface area (Å²) in [5.74, 6) is 0.540. The number of carbonyl (C=O) groups is 3. The summed E-state index contributed by atoms with van der Waals surface area (Å²) in [5.41, 5.74) is 0. The molecule has 3 heterocycles. The summed E-state index contributed by atoms with van der Waals surface area (Å²) < 4.78 is 11.1. The first-order valence-corrected chi connectivity index (χ1v) is 10.0. The van der Waals surface area contributed by atoms with Crippen LogP contribution in [0.4, 0.5) is 0 Å². The average Bonchev–Trinajstić information content (AvgIpc) is 3.46. The van der Waals surface area contributed by atoms with Gasteiger partial charge in [-0.25, -0.2) is 0 Å². The number of likely N-dealkylation sites (tertiary alicyclic amines) is 1. The SMILES string of the molecule is Cc1ccc(C(CC(=O)N2CCOCC2)N2C(=O)C3C4C=CC(C4)C3C2=O)o1. The standard InChI is InChI=1S/C21H24N2O5/c1-12-2-5-16(28-12)15(11-17(24)22-6-8-27-9-7-22)23-20(25)18-13-3-4-14(10-13)19(18)21(23)26/h2-5,13-15,18-19H,6-11H2,1H3. The monoisotopic (exact) mass is 384 g/mol. The van der Waals surface area contributed by atoms with Gasteiger partial charge in [-0.1, -0.05) is 12.2 Å². The van der Waals surface area contributed by atoms with Crippen molar-refractivity contribution in [1.82, 2.24) is 9.80 Å². The van der Waals surface area contributed by atoms with Crippen molar-refractivity contribution in [2.45, 2.75) is 25.8 Å². The van der Waals surface area contributed by atoms with E-state index in [-0.39, 0.29) is 47.8 Å². The molecule has 1 aromatic heterocycles. The fourth-order valence-corrected chi connectivity index (χ4v) is 5.29. The van der Waals surface area contributed by atoms with Crippen molar-refractivity contribution in [1.29, 1.82) is 0 Å². The average molecular weight is 384 g/mol. The lowest BCUT2D eigenvalue weighted by Crippen LogP contribution is -2.44. The zero-order chi connectivity index (χ0) is 19.4. The molecule has 5 atom stereocenters. The van der Waals surface area contributed by atoms with Crippen LogP contribution in [0.1, 0.15) is 30.4 Å². The molecule has 3 fully saturated rings. The number of aryl methyl sites for hydroxylation is 1. The molecule has 0 aromatic carbocycles. The topological polar surface area (TPSA) is 80.1 Å². The third-order valence-corrected chi connectivity index (χ3v) is 6.64. The lowest BCUT2D eigenvalue weighted by Gasteiger charge is -2.31. The minimum atomic E-state index is -0.686. The maximum Gasteiger partial charge on any atom is 0.234 e. The number of hydrogen-bond acceptors (Lipinski definition) is 5. The second-order valence-corrected chi connectivity index (χ2v) is 8.21. The highest BCUT2D eigenvalue weighted by molar-refractivity contribution is 6.07. The molecule has 2 aliphatic carbocycles. The van der Waals surface area contributed by atoms with Crippen molar-refractivity contribution in [3.8, 4) is 0 Å². The van der Waals surface area contributed by atoms with E-state index < -0.39 is 6.04 Å². The molecule has 7 heteroatoms. The minimum Gasteiger partial charge on any atom is -0.464 e. The van der Waals surface area contributed by atoms with E-state index in [0.717, 1.165) is 6.42 Å². The van der Waals surface area contributed by atoms with Gasteiger partial charge in [-0.2, -0.15) is 0 Å². The van der Waals surface area contributed by atoms with E-state index in [0.29, 0.717) is 37.8 Å². The molecule has 0 N–H and O–H groups in total. The largest absolute Gasteiger partial charge is 0.464 e. The number of allylic oxidation sites excluding steroid dienone is 2. The number of ether oxygens (including phenoxy) is 1. The lowest BCUT2D eigenvalue weighted by molar-refractivity contribution is -0.146. The second-order valence-electron chi connectivity index (χ2n) is 8.21. The molecule has 148 valence electrons. The number of morpholine rings is 1. The smallest absolute Gasteiger partial charge is 0.234 e. The molecule has 28 heavy (non-hydrogen) atoms. The molecule has 2 bridgehead atoms. The maximum absolute atomic E-state index is 13.3. The van der Waals surface area contributed by atoms with Gasteiger partial charge in [0, 0.05) is 13.1 Å². The molecule has 1 aromatic rings. The van der Waals surface area contributed by atoms with Crippen LogP contribution in [-0.4, -0.2) is 53.8 Å². The predicted molar refractivity (Wildman–Crippen MR) is 97.8 cm³/mol. The second kappa shape index (κ2) is 6.58. The Morgan fingerprint density at radius 2 is 1.75 bits per heavy atom. The molecule has 7 nitrogen and oxygen atoms in total. The van der Waals surface area contributed by atoms with Crippen molar-refractivity contribution in [3.05, 3.63) is 35.8 Å². The Labute approximate surface area is 163 Å². The number of imide groups is 1. The summed E-state index contributed by atoms with van der Waals surface area (Å²) >= 11 is 0. The van der Waals surface area contributed by atoms with Crippen LogP contribution in [0, 0.1) is 30.6 Å². The Hall–Kier alpha value is -2.41. The van der Waals surface area contributed by atoms with Crippen LogP contribution in [0.25, 0.3) is 0 Å². The molecular formula is C21H24N2O5. The number of carbonyl (C=O) groups excluding carboxylic acids is 3. The van der Waals surface area contributed by atoms with Crippen molar-refractivity contribution >= 4 is 17.7 Å². The van der Waals surface area contributed by atoms with Gasteiger partial charge in [0.15, 0.2) is 0 Å². The molecular weight excluding hydrogens is 360 g/mol. The lowest BCUT2D eigenvalue weighted by atomic mass is 9.85. The summed E-state index contributed by atoms with van der Waals surface area (Å²) in [6.07, 6.45) is 5.08.